The van der Waals surface area contributed by atoms with Gasteiger partial charge in [0.2, 0.25) is 0 Å². The number of guanidine groups is 1. The summed E-state index contributed by atoms with van der Waals surface area (Å²) < 4.78 is 0.374. The highest BCUT2D eigenvalue weighted by Gasteiger charge is 2.29. The minimum atomic E-state index is 0.374. The summed E-state index contributed by atoms with van der Waals surface area (Å²) in [6.45, 7) is 7.11. The molecule has 0 saturated carbocycles. The number of hydrogen-bond donors (Lipinski definition) is 2. The molecule has 2 rings (SSSR count). The van der Waals surface area contributed by atoms with Gasteiger partial charge < -0.3 is 10.6 Å². The van der Waals surface area contributed by atoms with Crippen LogP contribution in [0.15, 0.2) is 22.5 Å². The third kappa shape index (κ3) is 4.73. The molecule has 0 aliphatic carbocycles. The summed E-state index contributed by atoms with van der Waals surface area (Å²) in [4.78, 5) is 5.95. The van der Waals surface area contributed by atoms with Crippen molar-refractivity contribution in [3.8, 4) is 0 Å². The van der Waals surface area contributed by atoms with Crippen molar-refractivity contribution in [1.82, 2.24) is 10.6 Å². The Balaban J connectivity index is 1.86. The molecule has 3 nitrogen and oxygen atoms in total. The van der Waals surface area contributed by atoms with Crippen LogP contribution in [0, 0.1) is 0 Å². The van der Waals surface area contributed by atoms with Crippen LogP contribution in [0.2, 0.25) is 0 Å². The second-order valence-corrected chi connectivity index (χ2v) is 7.74. The number of thioether (sulfide) groups is 1. The molecule has 0 radical (unpaired) electrons. The highest BCUT2D eigenvalue weighted by atomic mass is 32.2. The molecule has 0 bridgehead atoms. The molecule has 1 aromatic heterocycles. The lowest BCUT2D eigenvalue weighted by Gasteiger charge is -2.24. The zero-order chi connectivity index (χ0) is 13.6. The van der Waals surface area contributed by atoms with Gasteiger partial charge in [0.1, 0.15) is 0 Å². The van der Waals surface area contributed by atoms with Crippen LogP contribution in [-0.2, 0) is 6.54 Å². The lowest BCUT2D eigenvalue weighted by atomic mass is 10.1. The van der Waals surface area contributed by atoms with Crippen molar-refractivity contribution in [2.75, 3.05) is 18.8 Å². The normalized spacial score (nSPS) is 23.6. The molecule has 106 valence electrons. The number of hydrogen-bond acceptors (Lipinski definition) is 3. The van der Waals surface area contributed by atoms with Gasteiger partial charge in [-0.3, -0.25) is 0 Å². The Labute approximate surface area is 124 Å². The van der Waals surface area contributed by atoms with Crippen molar-refractivity contribution in [3.63, 3.8) is 0 Å². The predicted molar refractivity (Wildman–Crippen MR) is 87.2 cm³/mol. The van der Waals surface area contributed by atoms with Crippen LogP contribution in [-0.4, -0.2) is 29.5 Å². The molecular formula is C14H23N3S2. The van der Waals surface area contributed by atoms with Gasteiger partial charge in [-0.1, -0.05) is 6.07 Å². The first kappa shape index (κ1) is 14.7. The Kier molecular flexibility index (Phi) is 5.58. The Morgan fingerprint density at radius 3 is 3.00 bits per heavy atom. The second-order valence-electron chi connectivity index (χ2n) is 5.03. The number of thiophene rings is 1. The van der Waals surface area contributed by atoms with Crippen LogP contribution in [0.1, 0.15) is 31.6 Å². The Morgan fingerprint density at radius 2 is 2.37 bits per heavy atom. The Hall–Kier alpha value is -0.680. The van der Waals surface area contributed by atoms with Gasteiger partial charge >= 0.3 is 0 Å². The first-order valence-electron chi connectivity index (χ1n) is 6.90. The smallest absolute Gasteiger partial charge is 0.191 e. The van der Waals surface area contributed by atoms with Gasteiger partial charge in [0.05, 0.1) is 6.54 Å². The standard InChI is InChI=1S/C14H23N3S2/c1-3-15-13(16-10-12-6-4-8-18-12)17-11-14(2)7-5-9-19-14/h4,6,8H,3,5,7,9-11H2,1-2H3,(H2,15,16,17). The molecule has 0 amide bonds. The molecule has 19 heavy (non-hydrogen) atoms. The maximum atomic E-state index is 4.64. The quantitative estimate of drug-likeness (QED) is 0.648. The van der Waals surface area contributed by atoms with Crippen LogP contribution >= 0.6 is 23.1 Å². The van der Waals surface area contributed by atoms with E-state index in [4.69, 9.17) is 0 Å². The molecule has 2 heterocycles. The zero-order valence-corrected chi connectivity index (χ0v) is 13.4. The molecule has 2 N–H and O–H groups in total. The SMILES string of the molecule is CCNC(=NCc1cccs1)NCC1(C)CCCS1. The van der Waals surface area contributed by atoms with E-state index in [0.29, 0.717) is 4.75 Å². The van der Waals surface area contributed by atoms with E-state index in [1.165, 1.54) is 23.5 Å². The van der Waals surface area contributed by atoms with E-state index >= 15 is 0 Å². The number of aliphatic imine (C=N–C) groups is 1. The fourth-order valence-electron chi connectivity index (χ4n) is 2.15. The van der Waals surface area contributed by atoms with E-state index in [1.54, 1.807) is 11.3 Å². The molecule has 0 aromatic carbocycles. The molecule has 5 heteroatoms. The van der Waals surface area contributed by atoms with Crippen LogP contribution in [0.4, 0.5) is 0 Å². The fourth-order valence-corrected chi connectivity index (χ4v) is 4.02. The summed E-state index contributed by atoms with van der Waals surface area (Å²) in [6, 6.07) is 4.21. The highest BCUT2D eigenvalue weighted by Crippen LogP contribution is 2.36. The molecule has 1 fully saturated rings. The van der Waals surface area contributed by atoms with E-state index in [2.05, 4.69) is 58.7 Å². The van der Waals surface area contributed by atoms with Crippen LogP contribution in [0.3, 0.4) is 0 Å². The average molecular weight is 297 g/mol. The van der Waals surface area contributed by atoms with Crippen molar-refractivity contribution in [1.29, 1.82) is 0 Å². The van der Waals surface area contributed by atoms with Crippen molar-refractivity contribution in [3.05, 3.63) is 22.4 Å². The summed E-state index contributed by atoms with van der Waals surface area (Å²) in [5.41, 5.74) is 0. The summed E-state index contributed by atoms with van der Waals surface area (Å²) in [5.74, 6) is 2.23. The maximum absolute atomic E-state index is 4.64. The maximum Gasteiger partial charge on any atom is 0.191 e. The second kappa shape index (κ2) is 7.20. The van der Waals surface area contributed by atoms with E-state index < -0.39 is 0 Å². The minimum Gasteiger partial charge on any atom is -0.357 e. The lowest BCUT2D eigenvalue weighted by molar-refractivity contribution is 0.585. The average Bonchev–Trinajstić information content (AvgIpc) is 3.05. The molecular weight excluding hydrogens is 274 g/mol. The van der Waals surface area contributed by atoms with Crippen molar-refractivity contribution in [2.45, 2.75) is 38.0 Å². The Bertz CT molecular complexity index is 395. The van der Waals surface area contributed by atoms with Gasteiger partial charge in [-0.25, -0.2) is 4.99 Å². The van der Waals surface area contributed by atoms with Crippen molar-refractivity contribution < 1.29 is 0 Å². The monoisotopic (exact) mass is 297 g/mol. The van der Waals surface area contributed by atoms with Gasteiger partial charge in [-0.2, -0.15) is 11.8 Å². The van der Waals surface area contributed by atoms with Gasteiger partial charge in [0, 0.05) is 22.7 Å². The third-order valence-electron chi connectivity index (χ3n) is 3.25. The summed E-state index contributed by atoms with van der Waals surface area (Å²) in [7, 11) is 0. The highest BCUT2D eigenvalue weighted by molar-refractivity contribution is 8.00. The van der Waals surface area contributed by atoms with Gasteiger partial charge in [0.25, 0.3) is 0 Å². The summed E-state index contributed by atoms with van der Waals surface area (Å²) >= 11 is 3.84. The van der Waals surface area contributed by atoms with Crippen molar-refractivity contribution >= 4 is 29.1 Å². The van der Waals surface area contributed by atoms with Gasteiger partial charge in [0.15, 0.2) is 5.96 Å². The Morgan fingerprint density at radius 1 is 1.47 bits per heavy atom. The van der Waals surface area contributed by atoms with E-state index in [-0.39, 0.29) is 0 Å². The predicted octanol–water partition coefficient (Wildman–Crippen LogP) is 3.09. The fraction of sp³-hybridized carbons (Fsp3) is 0.643. The van der Waals surface area contributed by atoms with E-state index in [0.717, 1.165) is 25.6 Å². The molecule has 1 aliphatic rings. The lowest BCUT2D eigenvalue weighted by Crippen LogP contribution is -2.43. The minimum absolute atomic E-state index is 0.374. The molecule has 1 unspecified atom stereocenters. The van der Waals surface area contributed by atoms with Crippen LogP contribution < -0.4 is 10.6 Å². The number of rotatable bonds is 5. The number of nitrogens with zero attached hydrogens (tertiary/aromatic N) is 1. The molecule has 1 saturated heterocycles. The molecule has 1 atom stereocenters. The molecule has 1 aromatic rings. The first-order valence-corrected chi connectivity index (χ1v) is 8.77. The van der Waals surface area contributed by atoms with Gasteiger partial charge in [-0.05, 0) is 43.9 Å². The van der Waals surface area contributed by atoms with Crippen molar-refractivity contribution in [2.24, 2.45) is 4.99 Å². The molecule has 1 aliphatic heterocycles. The van der Waals surface area contributed by atoms with Gasteiger partial charge in [-0.15, -0.1) is 11.3 Å². The zero-order valence-electron chi connectivity index (χ0n) is 11.7. The van der Waals surface area contributed by atoms with Crippen LogP contribution in [0.25, 0.3) is 0 Å². The van der Waals surface area contributed by atoms with E-state index in [9.17, 15) is 0 Å². The summed E-state index contributed by atoms with van der Waals surface area (Å²) in [5, 5.41) is 8.91. The molecule has 0 spiro atoms. The van der Waals surface area contributed by atoms with E-state index in [1.807, 2.05) is 0 Å². The summed E-state index contributed by atoms with van der Waals surface area (Å²) in [6.07, 6.45) is 2.64. The third-order valence-corrected chi connectivity index (χ3v) is 5.65. The number of nitrogens with one attached hydrogen (secondary N) is 2. The topological polar surface area (TPSA) is 36.4 Å². The first-order chi connectivity index (χ1) is 9.22. The largest absolute Gasteiger partial charge is 0.357 e. The van der Waals surface area contributed by atoms with Crippen LogP contribution in [0.5, 0.6) is 0 Å².